The summed E-state index contributed by atoms with van der Waals surface area (Å²) in [6, 6.07) is 10.9. The molecule has 0 saturated heterocycles. The highest BCUT2D eigenvalue weighted by Gasteiger charge is 2.16. The molecule has 192 valence electrons. The van der Waals surface area contributed by atoms with Gasteiger partial charge in [-0.3, -0.25) is 11.7 Å². The van der Waals surface area contributed by atoms with E-state index in [1.807, 2.05) is 12.1 Å². The third kappa shape index (κ3) is 11.4. The van der Waals surface area contributed by atoms with Crippen molar-refractivity contribution in [2.24, 2.45) is 23.0 Å². The Morgan fingerprint density at radius 1 is 0.794 bits per heavy atom. The second kappa shape index (κ2) is 16.8. The number of methoxy groups -OCH3 is 4. The molecule has 2 aromatic carbocycles. The maximum absolute atomic E-state index is 10.3. The smallest absolute Gasteiger partial charge is 0.325 e. The van der Waals surface area contributed by atoms with Crippen LogP contribution in [0.1, 0.15) is 34.1 Å². The predicted octanol–water partition coefficient (Wildman–Crippen LogP) is 5.06. The van der Waals surface area contributed by atoms with Gasteiger partial charge in [-0.15, -0.1) is 0 Å². The number of para-hydroxylation sites is 2. The first-order chi connectivity index (χ1) is 16.1. The van der Waals surface area contributed by atoms with Crippen molar-refractivity contribution >= 4 is 19.8 Å². The molecule has 0 bridgehead atoms. The molecule has 0 aliphatic heterocycles. The van der Waals surface area contributed by atoms with E-state index in [1.54, 1.807) is 52.7 Å². The molecule has 0 radical (unpaired) electrons. The molecule has 6 N–H and O–H groups in total. The van der Waals surface area contributed by atoms with Gasteiger partial charge in [0.2, 0.25) is 0 Å². The van der Waals surface area contributed by atoms with Crippen molar-refractivity contribution in [3.63, 3.8) is 0 Å². The average Bonchev–Trinajstić information content (AvgIpc) is 2.82. The minimum Gasteiger partial charge on any atom is -0.494 e. The molecule has 0 spiro atoms. The highest BCUT2D eigenvalue weighted by Crippen LogP contribution is 2.33. The zero-order valence-electron chi connectivity index (χ0n) is 21.7. The van der Waals surface area contributed by atoms with E-state index >= 15 is 0 Å². The number of hydrogen-bond donors (Lipinski definition) is 4. The molecule has 34 heavy (non-hydrogen) atoms. The fourth-order valence-corrected chi connectivity index (χ4v) is 3.68. The summed E-state index contributed by atoms with van der Waals surface area (Å²) in [4.78, 5) is 0. The van der Waals surface area contributed by atoms with Crippen LogP contribution in [0.2, 0.25) is 0 Å². The molecular weight excluding hydrogens is 455 g/mol. The normalized spacial score (nSPS) is 11.1. The van der Waals surface area contributed by atoms with E-state index in [9.17, 15) is 4.57 Å². The summed E-state index contributed by atoms with van der Waals surface area (Å²) in [5.41, 5.74) is 6.73. The number of nitrogens with two attached hydrogens (primary N) is 2. The standard InChI is InChI=1S/2C8H12N2O2.C8H17OP/c2*1-11-6-4-3-5-7(12-2)8(6)10-9;1-7(6-10-9)5-8(2,3)4/h2*3-5,10H,9H2,1-2H3;7H,5-6H2,1-4H3/p+1. The van der Waals surface area contributed by atoms with E-state index in [0.717, 1.165) is 6.16 Å². The van der Waals surface area contributed by atoms with Crippen LogP contribution >= 0.6 is 8.46 Å². The Kier molecular flexibility index (Phi) is 15.5. The minimum atomic E-state index is -0.126. The Morgan fingerprint density at radius 3 is 1.32 bits per heavy atom. The van der Waals surface area contributed by atoms with E-state index in [0.29, 0.717) is 45.7 Å². The molecule has 0 aliphatic rings. The van der Waals surface area contributed by atoms with E-state index in [1.165, 1.54) is 6.42 Å². The number of hydrogen-bond acceptors (Lipinski definition) is 9. The number of nitrogen functional groups attached to an aromatic ring is 2. The van der Waals surface area contributed by atoms with E-state index in [-0.39, 0.29) is 8.46 Å². The van der Waals surface area contributed by atoms with Crippen LogP contribution < -0.4 is 41.5 Å². The minimum absolute atomic E-state index is 0.126. The molecule has 0 heterocycles. The first-order valence-electron chi connectivity index (χ1n) is 10.8. The van der Waals surface area contributed by atoms with E-state index in [4.69, 9.17) is 30.6 Å². The zero-order chi connectivity index (χ0) is 26.1. The molecule has 0 saturated carbocycles. The molecule has 0 amide bonds. The zero-order valence-corrected chi connectivity index (χ0v) is 22.7. The van der Waals surface area contributed by atoms with E-state index < -0.39 is 0 Å². The van der Waals surface area contributed by atoms with Crippen LogP contribution in [-0.2, 0) is 4.57 Å². The van der Waals surface area contributed by atoms with Crippen molar-refractivity contribution in [1.29, 1.82) is 0 Å². The van der Waals surface area contributed by atoms with Gasteiger partial charge in [0.25, 0.3) is 0 Å². The molecule has 0 fully saturated rings. The Morgan fingerprint density at radius 2 is 1.12 bits per heavy atom. The monoisotopic (exact) mass is 497 g/mol. The molecule has 10 heteroatoms. The maximum Gasteiger partial charge on any atom is 0.325 e. The Labute approximate surface area is 205 Å². The summed E-state index contributed by atoms with van der Waals surface area (Å²) < 4.78 is 30.5. The van der Waals surface area contributed by atoms with Crippen LogP contribution in [0.3, 0.4) is 0 Å². The van der Waals surface area contributed by atoms with Crippen molar-refractivity contribution in [2.75, 3.05) is 45.5 Å². The Balaban J connectivity index is 0.000000484. The number of ether oxygens (including phenoxy) is 4. The van der Waals surface area contributed by atoms with Gasteiger partial charge in [-0.1, -0.05) is 44.4 Å². The van der Waals surface area contributed by atoms with Gasteiger partial charge in [0, 0.05) is 5.92 Å². The summed E-state index contributed by atoms with van der Waals surface area (Å²) in [5, 5.41) is 0. The molecule has 2 rings (SSSR count). The summed E-state index contributed by atoms with van der Waals surface area (Å²) in [7, 11) is 6.19. The summed E-state index contributed by atoms with van der Waals surface area (Å²) in [6.07, 6.45) is 2.03. The first-order valence-corrected chi connectivity index (χ1v) is 11.9. The van der Waals surface area contributed by atoms with Crippen LogP contribution in [0.25, 0.3) is 0 Å². The predicted molar refractivity (Wildman–Crippen MR) is 142 cm³/mol. The highest BCUT2D eigenvalue weighted by atomic mass is 31.1. The average molecular weight is 498 g/mol. The van der Waals surface area contributed by atoms with Crippen LogP contribution in [0.15, 0.2) is 36.4 Å². The Bertz CT molecular complexity index is 747. The SMILES string of the molecule is CC(C[PH+]=O)CC(C)(C)C.COc1cccc(OC)c1NN.COc1cccc(OC)c1NN. The maximum atomic E-state index is 10.3. The van der Waals surface area contributed by atoms with Crippen LogP contribution in [0.5, 0.6) is 23.0 Å². The quantitative estimate of drug-likeness (QED) is 0.213. The van der Waals surface area contributed by atoms with Crippen LogP contribution in [-0.4, -0.2) is 34.6 Å². The molecule has 2 atom stereocenters. The van der Waals surface area contributed by atoms with Gasteiger partial charge in [0.05, 0.1) is 28.4 Å². The number of hydrazine groups is 2. The highest BCUT2D eigenvalue weighted by molar-refractivity contribution is 7.23. The van der Waals surface area contributed by atoms with Gasteiger partial charge >= 0.3 is 8.46 Å². The molecule has 2 aromatic rings. The van der Waals surface area contributed by atoms with Crippen LogP contribution in [0, 0.1) is 11.3 Å². The largest absolute Gasteiger partial charge is 0.494 e. The number of rotatable bonds is 9. The van der Waals surface area contributed by atoms with Gasteiger partial charge in [-0.05, 0) is 36.1 Å². The third-order valence-corrected chi connectivity index (χ3v) is 5.40. The van der Waals surface area contributed by atoms with E-state index in [2.05, 4.69) is 38.5 Å². The number of benzene rings is 2. The van der Waals surface area contributed by atoms with Crippen molar-refractivity contribution in [1.82, 2.24) is 0 Å². The fourth-order valence-electron chi connectivity index (χ4n) is 3.25. The summed E-state index contributed by atoms with van der Waals surface area (Å²) in [6.45, 7) is 8.82. The molecular formula is C24H42N4O5P+. The van der Waals surface area contributed by atoms with Gasteiger partial charge in [-0.2, -0.15) is 0 Å². The summed E-state index contributed by atoms with van der Waals surface area (Å²) >= 11 is 0. The van der Waals surface area contributed by atoms with Crippen molar-refractivity contribution in [2.45, 2.75) is 34.1 Å². The van der Waals surface area contributed by atoms with Crippen LogP contribution in [0.4, 0.5) is 11.4 Å². The first kappa shape index (κ1) is 31.3. The third-order valence-electron chi connectivity index (χ3n) is 4.54. The lowest BCUT2D eigenvalue weighted by Gasteiger charge is -2.20. The van der Waals surface area contributed by atoms with Gasteiger partial charge in [0.15, 0.2) is 0 Å². The number of nitrogens with one attached hydrogen (secondary N) is 2. The summed E-state index contributed by atoms with van der Waals surface area (Å²) in [5.74, 6) is 13.8. The lowest BCUT2D eigenvalue weighted by molar-refractivity contribution is 0.322. The molecule has 2 unspecified atom stereocenters. The van der Waals surface area contributed by atoms with Gasteiger partial charge < -0.3 is 29.8 Å². The lowest BCUT2D eigenvalue weighted by Crippen LogP contribution is -2.11. The van der Waals surface area contributed by atoms with Gasteiger partial charge in [0.1, 0.15) is 40.5 Å². The van der Waals surface area contributed by atoms with Gasteiger partial charge in [-0.25, -0.2) is 0 Å². The van der Waals surface area contributed by atoms with Crippen molar-refractivity contribution in [3.8, 4) is 23.0 Å². The Hall–Kier alpha value is -2.74. The second-order valence-electron chi connectivity index (χ2n) is 8.58. The van der Waals surface area contributed by atoms with Crippen molar-refractivity contribution < 1.29 is 23.5 Å². The fraction of sp³-hybridized carbons (Fsp3) is 0.500. The molecule has 9 nitrogen and oxygen atoms in total. The lowest BCUT2D eigenvalue weighted by atomic mass is 9.86. The molecule has 0 aliphatic carbocycles. The number of anilines is 2. The topological polar surface area (TPSA) is 130 Å². The second-order valence-corrected chi connectivity index (χ2v) is 9.28. The van der Waals surface area contributed by atoms with Crippen molar-refractivity contribution in [3.05, 3.63) is 36.4 Å². The molecule has 0 aromatic heterocycles.